The van der Waals surface area contributed by atoms with Gasteiger partial charge in [-0.1, -0.05) is 13.8 Å². The van der Waals surface area contributed by atoms with Gasteiger partial charge in [0.25, 0.3) is 0 Å². The monoisotopic (exact) mass is 301 g/mol. The van der Waals surface area contributed by atoms with Gasteiger partial charge in [-0.25, -0.2) is 0 Å². The number of carboxylic acid groups (broad SMARTS) is 1. The van der Waals surface area contributed by atoms with Crippen molar-refractivity contribution in [1.29, 1.82) is 0 Å². The molecule has 0 aliphatic heterocycles. The predicted octanol–water partition coefficient (Wildman–Crippen LogP) is 2.38. The van der Waals surface area contributed by atoms with Crippen LogP contribution in [0.4, 0.5) is 13.2 Å². The van der Waals surface area contributed by atoms with E-state index in [2.05, 4.69) is 0 Å². The molecular formula is C11H18F3NO3S. The van der Waals surface area contributed by atoms with E-state index in [4.69, 9.17) is 5.11 Å². The van der Waals surface area contributed by atoms with Crippen LogP contribution in [0.2, 0.25) is 0 Å². The molecule has 0 aromatic carbocycles. The molecule has 0 fully saturated rings. The molecule has 1 amide bonds. The topological polar surface area (TPSA) is 57.6 Å². The standard InChI is InChI=1S/C11H18F3NO3S/c1-3-8(4-2)15(7-11(12,13)14)9(16)5-19-6-10(17)18/h8H,3-7H2,1-2H3,(H,17,18). The molecule has 0 spiro atoms. The van der Waals surface area contributed by atoms with E-state index in [-0.39, 0.29) is 11.5 Å². The zero-order valence-electron chi connectivity index (χ0n) is 10.9. The Bertz CT molecular complexity index is 306. The lowest BCUT2D eigenvalue weighted by Gasteiger charge is -2.31. The van der Waals surface area contributed by atoms with Gasteiger partial charge in [0.2, 0.25) is 5.91 Å². The molecule has 0 atom stereocenters. The van der Waals surface area contributed by atoms with Gasteiger partial charge in [-0.3, -0.25) is 9.59 Å². The summed E-state index contributed by atoms with van der Waals surface area (Å²) < 4.78 is 37.4. The number of nitrogens with zero attached hydrogens (tertiary/aromatic N) is 1. The highest BCUT2D eigenvalue weighted by molar-refractivity contribution is 8.00. The minimum Gasteiger partial charge on any atom is -0.481 e. The third kappa shape index (κ3) is 7.97. The summed E-state index contributed by atoms with van der Waals surface area (Å²) in [5.74, 6) is -2.31. The molecule has 0 saturated carbocycles. The maximum atomic E-state index is 12.5. The Hall–Kier alpha value is -0.920. The van der Waals surface area contributed by atoms with Gasteiger partial charge in [-0.15, -0.1) is 11.8 Å². The van der Waals surface area contributed by atoms with Gasteiger partial charge in [0.05, 0.1) is 11.5 Å². The van der Waals surface area contributed by atoms with E-state index < -0.39 is 30.6 Å². The molecular weight excluding hydrogens is 283 g/mol. The highest BCUT2D eigenvalue weighted by Gasteiger charge is 2.35. The van der Waals surface area contributed by atoms with Crippen molar-refractivity contribution in [3.63, 3.8) is 0 Å². The van der Waals surface area contributed by atoms with Gasteiger partial charge >= 0.3 is 12.1 Å². The second kappa shape index (κ2) is 8.29. The molecule has 0 unspecified atom stereocenters. The van der Waals surface area contributed by atoms with E-state index >= 15 is 0 Å². The molecule has 19 heavy (non-hydrogen) atoms. The van der Waals surface area contributed by atoms with Crippen molar-refractivity contribution in [2.24, 2.45) is 0 Å². The van der Waals surface area contributed by atoms with E-state index in [1.165, 1.54) is 0 Å². The van der Waals surface area contributed by atoms with Crippen molar-refractivity contribution >= 4 is 23.6 Å². The van der Waals surface area contributed by atoms with E-state index in [9.17, 15) is 22.8 Å². The quantitative estimate of drug-likeness (QED) is 0.748. The lowest BCUT2D eigenvalue weighted by atomic mass is 10.1. The Kier molecular flexibility index (Phi) is 7.89. The number of hydrogen-bond donors (Lipinski definition) is 1. The van der Waals surface area contributed by atoms with Gasteiger partial charge in [0.1, 0.15) is 6.54 Å². The number of amides is 1. The lowest BCUT2D eigenvalue weighted by molar-refractivity contribution is -0.164. The maximum Gasteiger partial charge on any atom is 0.406 e. The zero-order chi connectivity index (χ0) is 15.1. The van der Waals surface area contributed by atoms with Crippen LogP contribution in [0.1, 0.15) is 26.7 Å². The summed E-state index contributed by atoms with van der Waals surface area (Å²) >= 11 is 0.804. The summed E-state index contributed by atoms with van der Waals surface area (Å²) in [6.45, 7) is 2.15. The van der Waals surface area contributed by atoms with Crippen molar-refractivity contribution in [3.05, 3.63) is 0 Å². The van der Waals surface area contributed by atoms with Crippen molar-refractivity contribution in [3.8, 4) is 0 Å². The van der Waals surface area contributed by atoms with Crippen LogP contribution in [0.25, 0.3) is 0 Å². The number of aliphatic carboxylic acids is 1. The first-order chi connectivity index (χ1) is 8.71. The van der Waals surface area contributed by atoms with Crippen molar-refractivity contribution in [1.82, 2.24) is 4.90 Å². The molecule has 4 nitrogen and oxygen atoms in total. The molecule has 0 bridgehead atoms. The first-order valence-electron chi connectivity index (χ1n) is 5.87. The number of halogens is 3. The number of hydrogen-bond acceptors (Lipinski definition) is 3. The molecule has 112 valence electrons. The van der Waals surface area contributed by atoms with Crippen LogP contribution in [0.15, 0.2) is 0 Å². The summed E-state index contributed by atoms with van der Waals surface area (Å²) in [4.78, 5) is 22.9. The molecule has 0 aliphatic carbocycles. The highest BCUT2D eigenvalue weighted by Crippen LogP contribution is 2.21. The Balaban J connectivity index is 4.63. The Morgan fingerprint density at radius 2 is 1.74 bits per heavy atom. The summed E-state index contributed by atoms with van der Waals surface area (Å²) in [7, 11) is 0. The number of rotatable bonds is 8. The molecule has 0 aliphatic rings. The number of carbonyl (C=O) groups excluding carboxylic acids is 1. The first kappa shape index (κ1) is 18.1. The fraction of sp³-hybridized carbons (Fsp3) is 0.818. The molecule has 0 rings (SSSR count). The molecule has 0 heterocycles. The normalized spacial score (nSPS) is 11.7. The third-order valence-electron chi connectivity index (χ3n) is 2.50. The number of carboxylic acids is 1. The van der Waals surface area contributed by atoms with E-state index in [1.807, 2.05) is 0 Å². The van der Waals surface area contributed by atoms with E-state index in [0.717, 1.165) is 16.7 Å². The van der Waals surface area contributed by atoms with Crippen LogP contribution >= 0.6 is 11.8 Å². The van der Waals surface area contributed by atoms with Gasteiger partial charge in [-0.05, 0) is 12.8 Å². The van der Waals surface area contributed by atoms with Crippen molar-refractivity contribution in [2.45, 2.75) is 38.9 Å². The summed E-state index contributed by atoms with van der Waals surface area (Å²) in [5.41, 5.74) is 0. The van der Waals surface area contributed by atoms with Gasteiger partial charge in [-0.2, -0.15) is 13.2 Å². The number of carbonyl (C=O) groups is 2. The molecule has 8 heteroatoms. The number of thioether (sulfide) groups is 1. The Morgan fingerprint density at radius 1 is 1.21 bits per heavy atom. The minimum absolute atomic E-state index is 0.251. The maximum absolute atomic E-state index is 12.5. The summed E-state index contributed by atoms with van der Waals surface area (Å²) in [6, 6.07) is -0.473. The van der Waals surface area contributed by atoms with Gasteiger partial charge < -0.3 is 10.0 Å². The number of alkyl halides is 3. The molecule has 0 saturated heterocycles. The zero-order valence-corrected chi connectivity index (χ0v) is 11.7. The predicted molar refractivity (Wildman–Crippen MR) is 67.1 cm³/mol. The average Bonchev–Trinajstić information content (AvgIpc) is 2.27. The SMILES string of the molecule is CCC(CC)N(CC(F)(F)F)C(=O)CSCC(=O)O. The fourth-order valence-electron chi connectivity index (χ4n) is 1.65. The van der Waals surface area contributed by atoms with E-state index in [0.29, 0.717) is 12.8 Å². The van der Waals surface area contributed by atoms with Crippen LogP contribution < -0.4 is 0 Å². The van der Waals surface area contributed by atoms with Crippen LogP contribution in [0.3, 0.4) is 0 Å². The van der Waals surface area contributed by atoms with Crippen LogP contribution in [-0.2, 0) is 9.59 Å². The highest BCUT2D eigenvalue weighted by atomic mass is 32.2. The van der Waals surface area contributed by atoms with Gasteiger partial charge in [0, 0.05) is 6.04 Å². The van der Waals surface area contributed by atoms with Crippen LogP contribution in [0, 0.1) is 0 Å². The van der Waals surface area contributed by atoms with Gasteiger partial charge in [0.15, 0.2) is 0 Å². The van der Waals surface area contributed by atoms with Crippen molar-refractivity contribution < 1.29 is 27.9 Å². The first-order valence-corrected chi connectivity index (χ1v) is 7.02. The smallest absolute Gasteiger partial charge is 0.406 e. The van der Waals surface area contributed by atoms with Crippen LogP contribution in [-0.4, -0.2) is 52.2 Å². The fourth-order valence-corrected chi connectivity index (χ4v) is 2.27. The average molecular weight is 301 g/mol. The molecule has 0 radical (unpaired) electrons. The Labute approximate surface area is 114 Å². The molecule has 0 aromatic heterocycles. The lowest BCUT2D eigenvalue weighted by Crippen LogP contribution is -2.46. The third-order valence-corrected chi connectivity index (χ3v) is 3.41. The minimum atomic E-state index is -4.45. The van der Waals surface area contributed by atoms with E-state index in [1.54, 1.807) is 13.8 Å². The van der Waals surface area contributed by atoms with Crippen LogP contribution in [0.5, 0.6) is 0 Å². The summed E-state index contributed by atoms with van der Waals surface area (Å²) in [6.07, 6.45) is -3.58. The summed E-state index contributed by atoms with van der Waals surface area (Å²) in [5, 5.41) is 8.43. The Morgan fingerprint density at radius 3 is 2.11 bits per heavy atom. The van der Waals surface area contributed by atoms with Crippen molar-refractivity contribution in [2.75, 3.05) is 18.1 Å². The second-order valence-corrected chi connectivity index (χ2v) is 4.98. The molecule has 0 aromatic rings. The molecule has 1 N–H and O–H groups in total. The second-order valence-electron chi connectivity index (χ2n) is 3.99. The largest absolute Gasteiger partial charge is 0.481 e.